The van der Waals surface area contributed by atoms with Crippen LogP contribution in [0.3, 0.4) is 0 Å². The largest absolute Gasteiger partial charge is 0.484 e. The van der Waals surface area contributed by atoms with E-state index >= 15 is 0 Å². The molecule has 0 spiro atoms. The summed E-state index contributed by atoms with van der Waals surface area (Å²) in [6, 6.07) is 9.38. The highest BCUT2D eigenvalue weighted by Gasteiger charge is 2.31. The van der Waals surface area contributed by atoms with Crippen LogP contribution in [0.25, 0.3) is 0 Å². The van der Waals surface area contributed by atoms with E-state index in [0.29, 0.717) is 31.3 Å². The van der Waals surface area contributed by atoms with Crippen molar-refractivity contribution >= 4 is 24.2 Å². The summed E-state index contributed by atoms with van der Waals surface area (Å²) in [5.41, 5.74) is 5.96. The number of ether oxygens (including phenoxy) is 1. The van der Waals surface area contributed by atoms with Crippen molar-refractivity contribution in [1.82, 2.24) is 10.2 Å². The van der Waals surface area contributed by atoms with E-state index < -0.39 is 0 Å². The van der Waals surface area contributed by atoms with Crippen molar-refractivity contribution in [2.24, 2.45) is 17.6 Å². The number of hydrogen-bond donors (Lipinski definition) is 2. The molecule has 6 nitrogen and oxygen atoms in total. The van der Waals surface area contributed by atoms with E-state index in [2.05, 4.69) is 5.32 Å². The lowest BCUT2D eigenvalue weighted by Gasteiger charge is -2.35. The molecule has 1 aromatic rings. The number of nitrogens with zero attached hydrogens (tertiary/aromatic N) is 1. The van der Waals surface area contributed by atoms with Crippen LogP contribution in [0.2, 0.25) is 0 Å². The normalized spacial score (nSPS) is 21.0. The number of rotatable bonds is 7. The standard InChI is InChI=1S/C22H33N3O3.ClH/c23-14-20(17-8-3-1-4-9-17)24-22(27)18-10-7-13-25(15-18)21(26)16-28-19-11-5-2-6-12-19;/h2,5-6,11-12,17-18,20H,1,3-4,7-10,13-16,23H2,(H,24,27);1H. The van der Waals surface area contributed by atoms with Gasteiger partial charge in [-0.2, -0.15) is 0 Å². The molecule has 2 fully saturated rings. The number of hydrogen-bond acceptors (Lipinski definition) is 4. The van der Waals surface area contributed by atoms with Crippen LogP contribution in [0, 0.1) is 11.8 Å². The lowest BCUT2D eigenvalue weighted by molar-refractivity contribution is -0.137. The van der Waals surface area contributed by atoms with Crippen molar-refractivity contribution in [3.05, 3.63) is 30.3 Å². The number of nitrogens with one attached hydrogen (secondary N) is 1. The summed E-state index contributed by atoms with van der Waals surface area (Å²) in [5.74, 6) is 0.988. The van der Waals surface area contributed by atoms with Crippen LogP contribution in [-0.4, -0.2) is 49.0 Å². The number of benzene rings is 1. The van der Waals surface area contributed by atoms with Crippen LogP contribution < -0.4 is 15.8 Å². The quantitative estimate of drug-likeness (QED) is 0.706. The summed E-state index contributed by atoms with van der Waals surface area (Å²) in [4.78, 5) is 27.1. The minimum absolute atomic E-state index is 0. The van der Waals surface area contributed by atoms with Gasteiger partial charge in [0.15, 0.2) is 6.61 Å². The number of carbonyl (C=O) groups is 2. The van der Waals surface area contributed by atoms with Gasteiger partial charge in [-0.05, 0) is 43.7 Å². The molecule has 3 N–H and O–H groups in total. The van der Waals surface area contributed by atoms with Crippen LogP contribution in [0.4, 0.5) is 0 Å². The Morgan fingerprint density at radius 2 is 1.83 bits per heavy atom. The highest BCUT2D eigenvalue weighted by atomic mass is 35.5. The summed E-state index contributed by atoms with van der Waals surface area (Å²) in [6.07, 6.45) is 7.69. The maximum absolute atomic E-state index is 12.8. The van der Waals surface area contributed by atoms with E-state index in [4.69, 9.17) is 10.5 Å². The third-order valence-electron chi connectivity index (χ3n) is 6.05. The monoisotopic (exact) mass is 423 g/mol. The first kappa shape index (κ1) is 23.5. The summed E-state index contributed by atoms with van der Waals surface area (Å²) in [5, 5.41) is 3.19. The van der Waals surface area contributed by atoms with Crippen LogP contribution >= 0.6 is 12.4 Å². The van der Waals surface area contributed by atoms with E-state index in [1.807, 2.05) is 30.3 Å². The fourth-order valence-electron chi connectivity index (χ4n) is 4.38. The van der Waals surface area contributed by atoms with Gasteiger partial charge in [-0.1, -0.05) is 37.5 Å². The van der Waals surface area contributed by atoms with Crippen molar-refractivity contribution < 1.29 is 14.3 Å². The minimum atomic E-state index is -0.160. The Hall–Kier alpha value is -1.79. The van der Waals surface area contributed by atoms with E-state index in [1.165, 1.54) is 19.3 Å². The lowest BCUT2D eigenvalue weighted by Crippen LogP contribution is -2.52. The van der Waals surface area contributed by atoms with Gasteiger partial charge in [-0.15, -0.1) is 12.4 Å². The summed E-state index contributed by atoms with van der Waals surface area (Å²) in [7, 11) is 0. The Kier molecular flexibility index (Phi) is 9.74. The molecule has 0 aromatic heterocycles. The Morgan fingerprint density at radius 3 is 2.52 bits per heavy atom. The van der Waals surface area contributed by atoms with Gasteiger partial charge in [0.25, 0.3) is 5.91 Å². The molecule has 0 radical (unpaired) electrons. The molecule has 2 unspecified atom stereocenters. The van der Waals surface area contributed by atoms with Gasteiger partial charge in [0.05, 0.1) is 5.92 Å². The van der Waals surface area contributed by atoms with E-state index in [0.717, 1.165) is 25.7 Å². The van der Waals surface area contributed by atoms with Crippen molar-refractivity contribution in [2.45, 2.75) is 51.0 Å². The zero-order chi connectivity index (χ0) is 19.8. The average Bonchev–Trinajstić information content (AvgIpc) is 2.77. The molecule has 2 aliphatic rings. The van der Waals surface area contributed by atoms with E-state index in [9.17, 15) is 9.59 Å². The molecule has 162 valence electrons. The smallest absolute Gasteiger partial charge is 0.260 e. The van der Waals surface area contributed by atoms with Gasteiger partial charge in [-0.25, -0.2) is 0 Å². The predicted octanol–water partition coefficient (Wildman–Crippen LogP) is 2.75. The fraction of sp³-hybridized carbons (Fsp3) is 0.636. The minimum Gasteiger partial charge on any atom is -0.484 e. The molecule has 1 saturated heterocycles. The van der Waals surface area contributed by atoms with E-state index in [1.54, 1.807) is 4.90 Å². The van der Waals surface area contributed by atoms with Gasteiger partial charge >= 0.3 is 0 Å². The molecule has 1 aliphatic heterocycles. The first-order valence-electron chi connectivity index (χ1n) is 10.6. The second kappa shape index (κ2) is 12.0. The number of carbonyl (C=O) groups excluding carboxylic acids is 2. The van der Waals surface area contributed by atoms with Gasteiger partial charge in [0, 0.05) is 25.7 Å². The van der Waals surface area contributed by atoms with Crippen LogP contribution in [0.15, 0.2) is 30.3 Å². The van der Waals surface area contributed by atoms with Gasteiger partial charge in [-0.3, -0.25) is 9.59 Å². The van der Waals surface area contributed by atoms with E-state index in [-0.39, 0.29) is 42.8 Å². The molecule has 2 atom stereocenters. The van der Waals surface area contributed by atoms with Gasteiger partial charge in [0.1, 0.15) is 5.75 Å². The zero-order valence-corrected chi connectivity index (χ0v) is 17.9. The van der Waals surface area contributed by atoms with Gasteiger partial charge < -0.3 is 20.7 Å². The highest BCUT2D eigenvalue weighted by molar-refractivity contribution is 5.85. The van der Waals surface area contributed by atoms with Crippen LogP contribution in [-0.2, 0) is 9.59 Å². The highest BCUT2D eigenvalue weighted by Crippen LogP contribution is 2.27. The van der Waals surface area contributed by atoms with Crippen molar-refractivity contribution in [1.29, 1.82) is 0 Å². The van der Waals surface area contributed by atoms with Crippen molar-refractivity contribution in [3.8, 4) is 5.75 Å². The Bertz CT molecular complexity index is 637. The third kappa shape index (κ3) is 6.89. The third-order valence-corrected chi connectivity index (χ3v) is 6.05. The Morgan fingerprint density at radius 1 is 1.10 bits per heavy atom. The second-order valence-electron chi connectivity index (χ2n) is 8.03. The predicted molar refractivity (Wildman–Crippen MR) is 116 cm³/mol. The summed E-state index contributed by atoms with van der Waals surface area (Å²) < 4.78 is 5.57. The molecule has 3 rings (SSSR count). The Balaban J connectivity index is 0.00000300. The molecule has 29 heavy (non-hydrogen) atoms. The number of piperidine rings is 1. The zero-order valence-electron chi connectivity index (χ0n) is 17.1. The molecule has 1 heterocycles. The molecule has 7 heteroatoms. The van der Waals surface area contributed by atoms with Crippen molar-refractivity contribution in [3.63, 3.8) is 0 Å². The van der Waals surface area contributed by atoms with Crippen molar-refractivity contribution in [2.75, 3.05) is 26.2 Å². The number of para-hydroxylation sites is 1. The first-order valence-corrected chi connectivity index (χ1v) is 10.6. The van der Waals surface area contributed by atoms with Crippen LogP contribution in [0.1, 0.15) is 44.9 Å². The molecule has 0 bridgehead atoms. The lowest BCUT2D eigenvalue weighted by atomic mass is 9.83. The maximum Gasteiger partial charge on any atom is 0.260 e. The fourth-order valence-corrected chi connectivity index (χ4v) is 4.38. The molecular formula is C22H34ClN3O3. The topological polar surface area (TPSA) is 84.7 Å². The number of halogens is 1. The first-order chi connectivity index (χ1) is 13.7. The number of likely N-dealkylation sites (tertiary alicyclic amines) is 1. The SMILES string of the molecule is Cl.NCC(NC(=O)C1CCCN(C(=O)COc2ccccc2)C1)C1CCCCC1. The van der Waals surface area contributed by atoms with Gasteiger partial charge in [0.2, 0.25) is 5.91 Å². The molecule has 1 aromatic carbocycles. The second-order valence-corrected chi connectivity index (χ2v) is 8.03. The average molecular weight is 424 g/mol. The molecule has 1 aliphatic carbocycles. The number of nitrogens with two attached hydrogens (primary N) is 1. The number of amides is 2. The molecular weight excluding hydrogens is 390 g/mol. The van der Waals surface area contributed by atoms with Crippen LogP contribution in [0.5, 0.6) is 5.75 Å². The molecule has 1 saturated carbocycles. The molecule has 2 amide bonds. The summed E-state index contributed by atoms with van der Waals surface area (Å²) >= 11 is 0. The summed E-state index contributed by atoms with van der Waals surface area (Å²) in [6.45, 7) is 1.64. The maximum atomic E-state index is 12.8. The Labute approximate surface area is 179 Å².